The average molecular weight is 736 g/mol. The number of alkyl carbamates (subject to hydrolysis) is 1. The van der Waals surface area contributed by atoms with Crippen LogP contribution in [0.1, 0.15) is 117 Å². The van der Waals surface area contributed by atoms with Gasteiger partial charge in [0.25, 0.3) is 0 Å². The van der Waals surface area contributed by atoms with Gasteiger partial charge in [-0.2, -0.15) is 0 Å². The smallest absolute Gasteiger partial charge is 0.408 e. The summed E-state index contributed by atoms with van der Waals surface area (Å²) in [6.45, 7) is 3.67. The van der Waals surface area contributed by atoms with Gasteiger partial charge in [0.15, 0.2) is 0 Å². The number of hydrogen-bond donors (Lipinski definition) is 4. The van der Waals surface area contributed by atoms with Gasteiger partial charge in [-0.05, 0) is 105 Å². The van der Waals surface area contributed by atoms with Gasteiger partial charge < -0.3 is 30.9 Å². The molecule has 0 aromatic heterocycles. The van der Waals surface area contributed by atoms with E-state index in [0.717, 1.165) is 76.3 Å². The number of carbonyl (C=O) groups excluding carboxylic acids is 4. The molecule has 2 aliphatic carbocycles. The molecule has 10 nitrogen and oxygen atoms in total. The molecular weight excluding hydrogens is 679 g/mol. The zero-order valence-electron chi connectivity index (χ0n) is 31.7. The third kappa shape index (κ3) is 10.3. The Morgan fingerprint density at radius 1 is 0.759 bits per heavy atom. The summed E-state index contributed by atoms with van der Waals surface area (Å²) in [6, 6.07) is 25.2. The number of benzene rings is 3. The van der Waals surface area contributed by atoms with Crippen LogP contribution in [0.4, 0.5) is 4.79 Å². The summed E-state index contributed by atoms with van der Waals surface area (Å²) >= 11 is 0. The van der Waals surface area contributed by atoms with Crippen LogP contribution >= 0.6 is 0 Å². The molecule has 2 saturated heterocycles. The Morgan fingerprint density at radius 2 is 1.39 bits per heavy atom. The van der Waals surface area contributed by atoms with E-state index in [1.165, 1.54) is 28.7 Å². The van der Waals surface area contributed by atoms with Crippen molar-refractivity contribution >= 4 is 23.8 Å². The van der Waals surface area contributed by atoms with Crippen molar-refractivity contribution in [2.75, 3.05) is 13.1 Å². The van der Waals surface area contributed by atoms with Crippen LogP contribution in [0.15, 0.2) is 78.9 Å². The number of fused-ring (bicyclic) bond motifs is 2. The van der Waals surface area contributed by atoms with Crippen molar-refractivity contribution < 1.29 is 23.9 Å². The topological polar surface area (TPSA) is 129 Å². The van der Waals surface area contributed by atoms with Crippen LogP contribution in [0.3, 0.4) is 0 Å². The molecule has 2 heterocycles. The molecule has 4 aliphatic rings. The van der Waals surface area contributed by atoms with Gasteiger partial charge in [0.2, 0.25) is 17.7 Å². The van der Waals surface area contributed by atoms with E-state index in [-0.39, 0.29) is 42.5 Å². The molecular formula is C44H57N5O5. The molecule has 2 aliphatic heterocycles. The lowest BCUT2D eigenvalue weighted by molar-refractivity contribution is -0.140. The lowest BCUT2D eigenvalue weighted by Crippen LogP contribution is -2.54. The molecule has 0 radical (unpaired) electrons. The predicted molar refractivity (Wildman–Crippen MR) is 209 cm³/mol. The van der Waals surface area contributed by atoms with Crippen LogP contribution in [0.5, 0.6) is 0 Å². The Morgan fingerprint density at radius 3 is 2.02 bits per heavy atom. The van der Waals surface area contributed by atoms with Gasteiger partial charge in [-0.15, -0.1) is 0 Å². The van der Waals surface area contributed by atoms with Crippen LogP contribution in [0.25, 0.3) is 0 Å². The van der Waals surface area contributed by atoms with Crippen LogP contribution in [-0.4, -0.2) is 59.9 Å². The van der Waals surface area contributed by atoms with Crippen molar-refractivity contribution in [3.63, 3.8) is 0 Å². The van der Waals surface area contributed by atoms with Gasteiger partial charge in [-0.3, -0.25) is 14.4 Å². The van der Waals surface area contributed by atoms with E-state index in [9.17, 15) is 19.2 Å². The van der Waals surface area contributed by atoms with E-state index in [1.54, 1.807) is 4.90 Å². The molecule has 3 aromatic carbocycles. The first-order valence-electron chi connectivity index (χ1n) is 20.2. The zero-order chi connectivity index (χ0) is 37.7. The summed E-state index contributed by atoms with van der Waals surface area (Å²) in [7, 11) is 0. The fraction of sp³-hybridized carbons (Fsp3) is 0.500. The quantitative estimate of drug-likeness (QED) is 0.176. The monoisotopic (exact) mass is 735 g/mol. The number of carbonyl (C=O) groups is 4. The molecule has 4 amide bonds. The highest BCUT2D eigenvalue weighted by Crippen LogP contribution is 2.31. The van der Waals surface area contributed by atoms with Crippen LogP contribution < -0.4 is 21.3 Å². The van der Waals surface area contributed by atoms with Crippen molar-refractivity contribution in [3.05, 3.63) is 107 Å². The Hall–Kier alpha value is -4.70. The Labute approximate surface area is 320 Å². The minimum Gasteiger partial charge on any atom is -0.445 e. The summed E-state index contributed by atoms with van der Waals surface area (Å²) in [5.41, 5.74) is 6.05. The number of amides is 4. The Kier molecular flexibility index (Phi) is 14.1. The first-order chi connectivity index (χ1) is 26.4. The van der Waals surface area contributed by atoms with Crippen molar-refractivity contribution in [2.24, 2.45) is 0 Å². The molecule has 4 N–H and O–H groups in total. The summed E-state index contributed by atoms with van der Waals surface area (Å²) in [4.78, 5) is 53.2. The fourth-order valence-corrected chi connectivity index (χ4v) is 8.33. The molecule has 7 rings (SSSR count). The molecule has 0 spiro atoms. The first kappa shape index (κ1) is 39.0. The maximum Gasteiger partial charge on any atom is 0.408 e. The number of nitrogens with zero attached hydrogens (tertiary/aromatic N) is 1. The van der Waals surface area contributed by atoms with Gasteiger partial charge in [0, 0.05) is 6.54 Å². The number of ether oxygens (including phenoxy) is 1. The number of likely N-dealkylation sites (tertiary alicyclic amines) is 1. The molecule has 54 heavy (non-hydrogen) atoms. The maximum atomic E-state index is 13.5. The number of nitrogens with one attached hydrogen (secondary N) is 4. The summed E-state index contributed by atoms with van der Waals surface area (Å²) in [5, 5.41) is 12.5. The highest BCUT2D eigenvalue weighted by molar-refractivity contribution is 5.92. The Bertz CT molecular complexity index is 1710. The van der Waals surface area contributed by atoms with E-state index in [0.29, 0.717) is 19.4 Å². The summed E-state index contributed by atoms with van der Waals surface area (Å²) < 4.78 is 5.36. The number of hydrogen-bond acceptors (Lipinski definition) is 6. The van der Waals surface area contributed by atoms with E-state index in [4.69, 9.17) is 4.74 Å². The lowest BCUT2D eigenvalue weighted by atomic mass is 9.87. The average Bonchev–Trinajstić information content (AvgIpc) is 3.94. The van der Waals surface area contributed by atoms with E-state index in [1.807, 2.05) is 49.4 Å². The minimum absolute atomic E-state index is 0.0259. The SMILES string of the molecule is CCCC[C@H](NC(=O)OCc1ccccc1)C(=O)N1CCC[C@H]1C(=O)N[C@@H]1CCCc2ccccc21.O=C(N[C@@H]1CCCc2ccccc21)C1CCCN1. The van der Waals surface area contributed by atoms with Crippen molar-refractivity contribution in [3.8, 4) is 0 Å². The predicted octanol–water partition coefficient (Wildman–Crippen LogP) is 6.59. The van der Waals surface area contributed by atoms with Crippen LogP contribution in [0.2, 0.25) is 0 Å². The van der Waals surface area contributed by atoms with Crippen molar-refractivity contribution in [1.82, 2.24) is 26.2 Å². The molecule has 1 unspecified atom stereocenters. The highest BCUT2D eigenvalue weighted by atomic mass is 16.5. The third-order valence-electron chi connectivity index (χ3n) is 11.2. The van der Waals surface area contributed by atoms with Gasteiger partial charge in [-0.1, -0.05) is 98.6 Å². The fourth-order valence-electron chi connectivity index (χ4n) is 8.33. The second-order valence-corrected chi connectivity index (χ2v) is 15.0. The van der Waals surface area contributed by atoms with Gasteiger partial charge >= 0.3 is 6.09 Å². The maximum absolute atomic E-state index is 13.5. The Balaban J connectivity index is 0.000000229. The highest BCUT2D eigenvalue weighted by Gasteiger charge is 2.38. The third-order valence-corrected chi connectivity index (χ3v) is 11.2. The zero-order valence-corrected chi connectivity index (χ0v) is 31.7. The van der Waals surface area contributed by atoms with Gasteiger partial charge in [0.05, 0.1) is 18.1 Å². The molecule has 5 atom stereocenters. The number of rotatable bonds is 11. The van der Waals surface area contributed by atoms with Crippen LogP contribution in [0, 0.1) is 0 Å². The summed E-state index contributed by atoms with van der Waals surface area (Å²) in [5.74, 6) is -0.139. The molecule has 3 aromatic rings. The van der Waals surface area contributed by atoms with E-state index >= 15 is 0 Å². The van der Waals surface area contributed by atoms with Crippen molar-refractivity contribution in [2.45, 2.75) is 127 Å². The molecule has 10 heteroatoms. The van der Waals surface area contributed by atoms with Gasteiger partial charge in [-0.25, -0.2) is 4.79 Å². The lowest BCUT2D eigenvalue weighted by Gasteiger charge is -2.31. The first-order valence-corrected chi connectivity index (χ1v) is 20.2. The second kappa shape index (κ2) is 19.6. The molecule has 0 saturated carbocycles. The largest absolute Gasteiger partial charge is 0.445 e. The summed E-state index contributed by atoms with van der Waals surface area (Å²) in [6.07, 6.45) is 11.4. The minimum atomic E-state index is -0.711. The second-order valence-electron chi connectivity index (χ2n) is 15.0. The van der Waals surface area contributed by atoms with E-state index < -0.39 is 18.2 Å². The van der Waals surface area contributed by atoms with Crippen molar-refractivity contribution in [1.29, 1.82) is 0 Å². The van der Waals surface area contributed by atoms with E-state index in [2.05, 4.69) is 57.7 Å². The van der Waals surface area contributed by atoms with Gasteiger partial charge in [0.1, 0.15) is 18.7 Å². The molecule has 2 fully saturated rings. The van der Waals surface area contributed by atoms with Crippen LogP contribution in [-0.2, 0) is 38.6 Å². The number of unbranched alkanes of at least 4 members (excludes halogenated alkanes) is 1. The number of aryl methyl sites for hydroxylation is 2. The normalized spacial score (nSPS) is 22.1. The molecule has 288 valence electrons. The molecule has 0 bridgehead atoms. The standard InChI is InChI=1S/C29H37N3O4.C15H20N2O/c1-2-3-16-25(31-29(35)36-20-21-11-5-4-6-12-21)28(34)32-19-10-18-26(32)27(33)30-24-17-9-14-22-13-7-8-15-23(22)24;18-15(14-9-4-10-16-14)17-13-8-3-6-11-5-1-2-7-12(11)13/h4-8,11-13,15,24-26H,2-3,9-10,14,16-20H2,1H3,(H,30,33)(H,31,35);1-2,5,7,13-14,16H,3-4,6,8-10H2,(H,17,18)/t24-,25+,26+;13-,14?/m11/s1.